The summed E-state index contributed by atoms with van der Waals surface area (Å²) in [5, 5.41) is 0. The van der Waals surface area contributed by atoms with Crippen molar-refractivity contribution in [1.29, 1.82) is 0 Å². The Balaban J connectivity index is 1.14. The molecule has 0 spiro atoms. The molecule has 0 saturated heterocycles. The van der Waals surface area contributed by atoms with E-state index in [0.717, 1.165) is 53.2 Å². The van der Waals surface area contributed by atoms with Gasteiger partial charge < -0.3 is 23.7 Å². The molecule has 350 valence electrons. The predicted octanol–water partition coefficient (Wildman–Crippen LogP) is 15.5. The monoisotopic (exact) mass is 912 g/mol. The van der Waals surface area contributed by atoms with E-state index in [9.17, 15) is 14.4 Å². The number of hydrogen-bond acceptors (Lipinski definition) is 9. The predicted molar refractivity (Wildman–Crippen MR) is 268 cm³/mol. The van der Waals surface area contributed by atoms with E-state index in [4.69, 9.17) is 23.7 Å². The van der Waals surface area contributed by atoms with Crippen LogP contribution < -0.4 is 18.9 Å². The number of hydrogen-bond donors (Lipinski definition) is 0. The normalized spacial score (nSPS) is 10.9. The van der Waals surface area contributed by atoms with E-state index in [1.165, 1.54) is 88.4 Å². The van der Waals surface area contributed by atoms with Gasteiger partial charge in [0.1, 0.15) is 27.9 Å². The molecule has 0 amide bonds. The summed E-state index contributed by atoms with van der Waals surface area (Å²) in [5.41, 5.74) is 4.38. The van der Waals surface area contributed by atoms with Gasteiger partial charge in [0.05, 0.1) is 30.9 Å². The number of rotatable bonds is 30. The zero-order valence-corrected chi connectivity index (χ0v) is 40.2. The van der Waals surface area contributed by atoms with Crippen LogP contribution >= 0.6 is 11.3 Å². The molecule has 0 saturated carbocycles. The highest BCUT2D eigenvalue weighted by Crippen LogP contribution is 2.39. The molecule has 0 radical (unpaired) electrons. The zero-order chi connectivity index (χ0) is 46.9. The Bertz CT molecular complexity index is 2120. The van der Waals surface area contributed by atoms with Crippen LogP contribution in [0.25, 0.3) is 11.1 Å². The minimum absolute atomic E-state index is 0.234. The quantitative estimate of drug-likeness (QED) is 0.0255. The van der Waals surface area contributed by atoms with Crippen molar-refractivity contribution in [3.8, 4) is 23.0 Å². The molecule has 66 heavy (non-hydrogen) atoms. The summed E-state index contributed by atoms with van der Waals surface area (Å²) in [5.74, 6) is 0.822. The highest BCUT2D eigenvalue weighted by Gasteiger charge is 2.21. The van der Waals surface area contributed by atoms with Crippen LogP contribution in [0.1, 0.15) is 175 Å². The number of ether oxygens (including phenoxy) is 5. The molecule has 0 N–H and O–H groups in total. The van der Waals surface area contributed by atoms with E-state index in [0.29, 0.717) is 57.4 Å². The molecule has 8 nitrogen and oxygen atoms in total. The molecule has 0 aliphatic heterocycles. The minimum Gasteiger partial charge on any atom is -0.494 e. The van der Waals surface area contributed by atoms with Crippen molar-refractivity contribution in [2.75, 3.05) is 19.8 Å². The van der Waals surface area contributed by atoms with Crippen molar-refractivity contribution in [3.63, 3.8) is 0 Å². The van der Waals surface area contributed by atoms with Crippen molar-refractivity contribution in [2.24, 2.45) is 0 Å². The van der Waals surface area contributed by atoms with Crippen LogP contribution in [0.4, 0.5) is 0 Å². The lowest BCUT2D eigenvalue weighted by Crippen LogP contribution is -2.08. The van der Waals surface area contributed by atoms with Crippen molar-refractivity contribution < 1.29 is 38.1 Å². The average Bonchev–Trinajstić information content (AvgIpc) is 3.79. The number of benzene rings is 4. The van der Waals surface area contributed by atoms with Crippen molar-refractivity contribution in [3.05, 3.63) is 154 Å². The molecule has 0 bridgehead atoms. The largest absolute Gasteiger partial charge is 0.494 e. The van der Waals surface area contributed by atoms with Crippen molar-refractivity contribution in [1.82, 2.24) is 0 Å². The van der Waals surface area contributed by atoms with Gasteiger partial charge in [0.25, 0.3) is 0 Å². The van der Waals surface area contributed by atoms with Gasteiger partial charge in [-0.15, -0.1) is 11.3 Å². The lowest BCUT2D eigenvalue weighted by atomic mass is 9.95. The Morgan fingerprint density at radius 1 is 0.439 bits per heavy atom. The third-order valence-electron chi connectivity index (χ3n) is 11.3. The fourth-order valence-corrected chi connectivity index (χ4v) is 8.51. The van der Waals surface area contributed by atoms with Gasteiger partial charge >= 0.3 is 17.9 Å². The fraction of sp³-hybridized carbons (Fsp3) is 0.386. The van der Waals surface area contributed by atoms with Gasteiger partial charge in [-0.2, -0.15) is 0 Å². The number of unbranched alkanes of at least 4 members (excludes halogenated alkanes) is 14. The first-order valence-electron chi connectivity index (χ1n) is 24.0. The first-order chi connectivity index (χ1) is 32.2. The number of esters is 3. The Morgan fingerprint density at radius 3 is 1.21 bits per heavy atom. The summed E-state index contributed by atoms with van der Waals surface area (Å²) in [7, 11) is 0. The smallest absolute Gasteiger partial charge is 0.348 e. The van der Waals surface area contributed by atoms with Gasteiger partial charge in [0.2, 0.25) is 0 Å². The summed E-state index contributed by atoms with van der Waals surface area (Å²) in [4.78, 5) is 40.2. The molecule has 0 fully saturated rings. The van der Waals surface area contributed by atoms with E-state index >= 15 is 0 Å². The van der Waals surface area contributed by atoms with Gasteiger partial charge in [0, 0.05) is 10.4 Å². The molecule has 0 unspecified atom stereocenters. The fourth-order valence-electron chi connectivity index (χ4n) is 7.44. The summed E-state index contributed by atoms with van der Waals surface area (Å²) < 4.78 is 28.5. The molecule has 9 heteroatoms. The molecule has 1 heterocycles. The highest BCUT2D eigenvalue weighted by molar-refractivity contribution is 7.15. The van der Waals surface area contributed by atoms with Crippen molar-refractivity contribution in [2.45, 2.75) is 124 Å². The first-order valence-corrected chi connectivity index (χ1v) is 24.8. The zero-order valence-electron chi connectivity index (χ0n) is 39.3. The van der Waals surface area contributed by atoms with Gasteiger partial charge in [0.15, 0.2) is 0 Å². The second-order valence-electron chi connectivity index (χ2n) is 16.6. The van der Waals surface area contributed by atoms with Gasteiger partial charge in [-0.3, -0.25) is 0 Å². The van der Waals surface area contributed by atoms with Crippen molar-refractivity contribution >= 4 is 40.4 Å². The Kier molecular flexibility index (Phi) is 21.8. The summed E-state index contributed by atoms with van der Waals surface area (Å²) in [6.07, 6.45) is 19.8. The van der Waals surface area contributed by atoms with Gasteiger partial charge in [-0.1, -0.05) is 141 Å². The Morgan fingerprint density at radius 2 is 0.803 bits per heavy atom. The Labute approximate surface area is 397 Å². The molecule has 1 aromatic heterocycles. The van der Waals surface area contributed by atoms with Crippen LogP contribution in [0.3, 0.4) is 0 Å². The summed E-state index contributed by atoms with van der Waals surface area (Å²) >= 11 is 1.27. The standard InChI is InChI=1S/C57H68O8S/c1-6-9-11-13-15-17-19-21-39-62-48-31-27-46(28-32-48)55(58)64-50-35-23-44(24-36-50)42(4)52-41-53(57(60)61-8-3)66-54(52)43(5)45-25-37-51(38-26-45)65-56(59)47-29-33-49(34-30-47)63-40-22-20-18-16-14-12-10-7-2/h23-38,41H,4-22,39-40H2,1-3H3. The second kappa shape index (κ2) is 28.2. The van der Waals surface area contributed by atoms with Crippen LogP contribution in [0, 0.1) is 0 Å². The third kappa shape index (κ3) is 16.5. The maximum absolute atomic E-state index is 13.0. The molecule has 0 atom stereocenters. The minimum atomic E-state index is -0.476. The molecular formula is C57H68O8S. The SMILES string of the molecule is C=C(c1ccc(OC(=O)c2ccc(OCCCCCCCCCC)cc2)cc1)c1cc(C(=O)OCC)sc1C(=C)c1ccc(OC(=O)c2ccc(OCCCCCCCCCC)cc2)cc1. The molecule has 0 aliphatic rings. The van der Waals surface area contributed by atoms with Crippen LogP contribution in [-0.4, -0.2) is 37.7 Å². The van der Waals surface area contributed by atoms with E-state index in [2.05, 4.69) is 27.0 Å². The summed E-state index contributed by atoms with van der Waals surface area (Å²) in [6, 6.07) is 30.0. The third-order valence-corrected chi connectivity index (χ3v) is 12.5. The molecule has 0 aliphatic carbocycles. The molecule has 5 rings (SSSR count). The van der Waals surface area contributed by atoms with Crippen LogP contribution in [0.15, 0.2) is 116 Å². The van der Waals surface area contributed by atoms with E-state index in [1.54, 1.807) is 85.8 Å². The molecule has 5 aromatic rings. The average molecular weight is 913 g/mol. The summed E-state index contributed by atoms with van der Waals surface area (Å²) in [6.45, 7) is 16.6. The topological polar surface area (TPSA) is 97.4 Å². The van der Waals surface area contributed by atoms with E-state index in [1.807, 2.05) is 24.3 Å². The lowest BCUT2D eigenvalue weighted by molar-refractivity contribution is 0.0531. The van der Waals surface area contributed by atoms with Crippen LogP contribution in [0.5, 0.6) is 23.0 Å². The van der Waals surface area contributed by atoms with Crippen LogP contribution in [0.2, 0.25) is 0 Å². The number of thiophene rings is 1. The lowest BCUT2D eigenvalue weighted by Gasteiger charge is -2.12. The van der Waals surface area contributed by atoms with Gasteiger partial charge in [-0.25, -0.2) is 14.4 Å². The number of carbonyl (C=O) groups is 3. The van der Waals surface area contributed by atoms with Crippen LogP contribution in [-0.2, 0) is 4.74 Å². The Hall–Kier alpha value is -5.93. The number of carbonyl (C=O) groups excluding carboxylic acids is 3. The maximum atomic E-state index is 13.0. The molecule has 4 aromatic carbocycles. The van der Waals surface area contributed by atoms with E-state index < -0.39 is 17.9 Å². The highest BCUT2D eigenvalue weighted by atomic mass is 32.1. The van der Waals surface area contributed by atoms with E-state index in [-0.39, 0.29) is 6.61 Å². The van der Waals surface area contributed by atoms with Gasteiger partial charge in [-0.05, 0) is 121 Å². The first kappa shape index (κ1) is 51.1. The molecular weight excluding hydrogens is 845 g/mol. The second-order valence-corrected chi connectivity index (χ2v) is 17.6. The maximum Gasteiger partial charge on any atom is 0.348 e.